The number of nitrogens with one attached hydrogen (secondary N) is 2. The van der Waals surface area contributed by atoms with Gasteiger partial charge in [-0.3, -0.25) is 10.6 Å². The number of halogens is 1. The van der Waals surface area contributed by atoms with Crippen LogP contribution in [0.3, 0.4) is 0 Å². The molecule has 3 aromatic rings. The molecular formula is C16H14BrN5O. The molecule has 0 bridgehead atoms. The highest BCUT2D eigenvalue weighted by molar-refractivity contribution is 9.10. The van der Waals surface area contributed by atoms with Crippen LogP contribution >= 0.6 is 15.9 Å². The predicted molar refractivity (Wildman–Crippen MR) is 92.9 cm³/mol. The van der Waals surface area contributed by atoms with Gasteiger partial charge in [0.2, 0.25) is 0 Å². The van der Waals surface area contributed by atoms with Crippen molar-refractivity contribution in [2.24, 2.45) is 0 Å². The lowest BCUT2D eigenvalue weighted by Crippen LogP contribution is -2.21. The number of anilines is 2. The summed E-state index contributed by atoms with van der Waals surface area (Å²) in [6.45, 7) is 1.87. The summed E-state index contributed by atoms with van der Waals surface area (Å²) >= 11 is 3.27. The summed E-state index contributed by atoms with van der Waals surface area (Å²) in [5.41, 5.74) is 1.68. The number of rotatable bonds is 3. The lowest BCUT2D eigenvalue weighted by Gasteiger charge is -2.09. The average Bonchev–Trinajstić information content (AvgIpc) is 2.88. The van der Waals surface area contributed by atoms with Crippen LogP contribution in [0.4, 0.5) is 16.4 Å². The molecule has 7 heteroatoms. The zero-order chi connectivity index (χ0) is 16.2. The van der Waals surface area contributed by atoms with E-state index < -0.39 is 0 Å². The van der Waals surface area contributed by atoms with Gasteiger partial charge in [0.15, 0.2) is 0 Å². The third-order valence-corrected chi connectivity index (χ3v) is 3.47. The van der Waals surface area contributed by atoms with Gasteiger partial charge in [-0.25, -0.2) is 14.5 Å². The number of aryl methyl sites for hydroxylation is 1. The molecule has 116 valence electrons. The second-order valence-corrected chi connectivity index (χ2v) is 5.66. The molecule has 1 aromatic carbocycles. The van der Waals surface area contributed by atoms with Crippen molar-refractivity contribution in [2.45, 2.75) is 6.92 Å². The van der Waals surface area contributed by atoms with E-state index >= 15 is 0 Å². The molecule has 0 unspecified atom stereocenters. The summed E-state index contributed by atoms with van der Waals surface area (Å²) in [4.78, 5) is 16.3. The van der Waals surface area contributed by atoms with Crippen LogP contribution in [0.2, 0.25) is 0 Å². The van der Waals surface area contributed by atoms with Gasteiger partial charge in [0.05, 0.1) is 11.4 Å². The second kappa shape index (κ2) is 6.62. The lowest BCUT2D eigenvalue weighted by atomic mass is 10.3. The summed E-state index contributed by atoms with van der Waals surface area (Å²) in [6.07, 6.45) is 0. The third kappa shape index (κ3) is 3.75. The maximum absolute atomic E-state index is 12.2. The Labute approximate surface area is 141 Å². The molecule has 0 spiro atoms. The SMILES string of the molecule is Cc1cc(NC(=O)Nc2cccc(Br)n2)n(-c2ccccc2)n1. The van der Waals surface area contributed by atoms with E-state index in [0.29, 0.717) is 16.2 Å². The Hall–Kier alpha value is -2.67. The summed E-state index contributed by atoms with van der Waals surface area (Å²) in [6, 6.07) is 16.3. The fourth-order valence-electron chi connectivity index (χ4n) is 2.10. The molecular weight excluding hydrogens is 358 g/mol. The number of hydrogen-bond acceptors (Lipinski definition) is 3. The van der Waals surface area contributed by atoms with Crippen LogP contribution in [0.15, 0.2) is 59.2 Å². The molecule has 0 fully saturated rings. The number of pyridine rings is 1. The minimum atomic E-state index is -0.382. The number of nitrogens with zero attached hydrogens (tertiary/aromatic N) is 3. The van der Waals surface area contributed by atoms with Gasteiger partial charge in [0.25, 0.3) is 0 Å². The van der Waals surface area contributed by atoms with Gasteiger partial charge >= 0.3 is 6.03 Å². The lowest BCUT2D eigenvalue weighted by molar-refractivity contribution is 0.262. The summed E-state index contributed by atoms with van der Waals surface area (Å²) in [5.74, 6) is 1.04. The van der Waals surface area contributed by atoms with E-state index in [2.05, 4.69) is 36.6 Å². The minimum absolute atomic E-state index is 0.382. The molecule has 0 atom stereocenters. The molecule has 0 aliphatic carbocycles. The average molecular weight is 372 g/mol. The fourth-order valence-corrected chi connectivity index (χ4v) is 2.44. The van der Waals surface area contributed by atoms with Crippen LogP contribution in [0, 0.1) is 6.92 Å². The van der Waals surface area contributed by atoms with Crippen molar-refractivity contribution in [2.75, 3.05) is 10.6 Å². The molecule has 0 saturated heterocycles. The standard InChI is InChI=1S/C16H14BrN5O/c1-11-10-15(22(21-11)12-6-3-2-4-7-12)20-16(23)19-14-9-5-8-13(17)18-14/h2-10H,1H3,(H2,18,19,20,23). The Morgan fingerprint density at radius 1 is 1.09 bits per heavy atom. The predicted octanol–water partition coefficient (Wildman–Crippen LogP) is 3.98. The van der Waals surface area contributed by atoms with E-state index in [4.69, 9.17) is 0 Å². The largest absolute Gasteiger partial charge is 0.326 e. The molecule has 23 heavy (non-hydrogen) atoms. The molecule has 6 nitrogen and oxygen atoms in total. The van der Waals surface area contributed by atoms with Crippen molar-refractivity contribution in [1.82, 2.24) is 14.8 Å². The topological polar surface area (TPSA) is 71.8 Å². The molecule has 0 radical (unpaired) electrons. The molecule has 3 rings (SSSR count). The highest BCUT2D eigenvalue weighted by Crippen LogP contribution is 2.17. The van der Waals surface area contributed by atoms with Crippen molar-refractivity contribution in [1.29, 1.82) is 0 Å². The zero-order valence-electron chi connectivity index (χ0n) is 12.3. The summed E-state index contributed by atoms with van der Waals surface area (Å²) in [7, 11) is 0. The van der Waals surface area contributed by atoms with Crippen molar-refractivity contribution in [3.05, 3.63) is 64.9 Å². The summed E-state index contributed by atoms with van der Waals surface area (Å²) < 4.78 is 2.34. The van der Waals surface area contributed by atoms with Gasteiger partial charge in [0.1, 0.15) is 16.2 Å². The molecule has 2 amide bonds. The molecule has 0 aliphatic rings. The van der Waals surface area contributed by atoms with Crippen LogP contribution in [0.5, 0.6) is 0 Å². The van der Waals surface area contributed by atoms with E-state index in [1.165, 1.54) is 0 Å². The quantitative estimate of drug-likeness (QED) is 0.683. The van der Waals surface area contributed by atoms with E-state index in [0.717, 1.165) is 11.4 Å². The van der Waals surface area contributed by atoms with E-state index in [1.54, 1.807) is 28.9 Å². The Bertz CT molecular complexity index is 831. The normalized spacial score (nSPS) is 10.3. The monoisotopic (exact) mass is 371 g/mol. The number of urea groups is 1. The van der Waals surface area contributed by atoms with E-state index in [9.17, 15) is 4.79 Å². The van der Waals surface area contributed by atoms with Crippen LogP contribution in [-0.2, 0) is 0 Å². The molecule has 2 heterocycles. The van der Waals surface area contributed by atoms with Crippen molar-refractivity contribution in [3.8, 4) is 5.69 Å². The highest BCUT2D eigenvalue weighted by atomic mass is 79.9. The maximum atomic E-state index is 12.2. The van der Waals surface area contributed by atoms with Gasteiger partial charge in [0, 0.05) is 6.07 Å². The van der Waals surface area contributed by atoms with Crippen LogP contribution < -0.4 is 10.6 Å². The number of aromatic nitrogens is 3. The first-order valence-electron chi connectivity index (χ1n) is 6.94. The third-order valence-electron chi connectivity index (χ3n) is 3.03. The summed E-state index contributed by atoms with van der Waals surface area (Å²) in [5, 5.41) is 9.89. The van der Waals surface area contributed by atoms with Crippen LogP contribution in [0.25, 0.3) is 5.69 Å². The molecule has 0 saturated carbocycles. The first-order valence-corrected chi connectivity index (χ1v) is 7.74. The van der Waals surface area contributed by atoms with E-state index in [1.807, 2.05) is 37.3 Å². The van der Waals surface area contributed by atoms with Gasteiger partial charge in [-0.15, -0.1) is 0 Å². The molecule has 2 N–H and O–H groups in total. The Morgan fingerprint density at radius 3 is 2.61 bits per heavy atom. The molecule has 0 aliphatic heterocycles. The number of para-hydroxylation sites is 1. The van der Waals surface area contributed by atoms with Gasteiger partial charge < -0.3 is 0 Å². The number of amides is 2. The van der Waals surface area contributed by atoms with Crippen molar-refractivity contribution in [3.63, 3.8) is 0 Å². The Kier molecular flexibility index (Phi) is 4.38. The number of benzene rings is 1. The maximum Gasteiger partial charge on any atom is 0.326 e. The van der Waals surface area contributed by atoms with E-state index in [-0.39, 0.29) is 6.03 Å². The van der Waals surface area contributed by atoms with Crippen molar-refractivity contribution >= 4 is 33.6 Å². The number of carbonyl (C=O) groups excluding carboxylic acids is 1. The Morgan fingerprint density at radius 2 is 1.87 bits per heavy atom. The van der Waals surface area contributed by atoms with Gasteiger partial charge in [-0.05, 0) is 47.1 Å². The molecule has 2 aromatic heterocycles. The highest BCUT2D eigenvalue weighted by Gasteiger charge is 2.11. The minimum Gasteiger partial charge on any atom is -0.292 e. The smallest absolute Gasteiger partial charge is 0.292 e. The second-order valence-electron chi connectivity index (χ2n) is 4.84. The fraction of sp³-hybridized carbons (Fsp3) is 0.0625. The van der Waals surface area contributed by atoms with Crippen LogP contribution in [-0.4, -0.2) is 20.8 Å². The van der Waals surface area contributed by atoms with Crippen molar-refractivity contribution < 1.29 is 4.79 Å². The van der Waals surface area contributed by atoms with Gasteiger partial charge in [-0.2, -0.15) is 5.10 Å². The zero-order valence-corrected chi connectivity index (χ0v) is 13.9. The first-order chi connectivity index (χ1) is 11.1. The Balaban J connectivity index is 1.79. The van der Waals surface area contributed by atoms with Gasteiger partial charge in [-0.1, -0.05) is 24.3 Å². The number of hydrogen-bond donors (Lipinski definition) is 2. The number of carbonyl (C=O) groups is 1. The van der Waals surface area contributed by atoms with Crippen LogP contribution in [0.1, 0.15) is 5.69 Å². The first kappa shape index (κ1) is 15.2.